The Morgan fingerprint density at radius 2 is 1.44 bits per heavy atom. The summed E-state index contributed by atoms with van der Waals surface area (Å²) in [5, 5.41) is 6.30. The maximum atomic E-state index is 12.8. The average molecular weight is 910 g/mol. The first-order valence-electron chi connectivity index (χ1n) is 22.0. The van der Waals surface area contributed by atoms with Crippen LogP contribution in [0.4, 0.5) is 4.79 Å². The molecule has 0 aromatic carbocycles. The minimum absolute atomic E-state index is 0.00860. The van der Waals surface area contributed by atoms with E-state index in [4.69, 9.17) is 13.6 Å². The van der Waals surface area contributed by atoms with Gasteiger partial charge < -0.3 is 24.2 Å². The fraction of sp³-hybridized carbons (Fsp3) is 0.783. The fourth-order valence-electron chi connectivity index (χ4n) is 7.68. The maximum absolute atomic E-state index is 12.8. The van der Waals surface area contributed by atoms with E-state index in [0.29, 0.717) is 6.42 Å². The van der Waals surface area contributed by atoms with Crippen LogP contribution in [0, 0.1) is 34.6 Å². The highest BCUT2D eigenvalue weighted by Crippen LogP contribution is 2.42. The standard InChI is InChI=1S/C46H85BrN2O5Si3/c1-20-56(21-2,22-3)31-30-46(17)33-40(49-43(51)52-44(11,12)13)29-27-38(46)32-39(47)28-26-34(7)41(54-57(23-4,24-5)25-6)35(8)42(36(9)48-37(10)50)53-55(18,19)45(14,15)16/h26-29,32,34-36,38,40-42H,20-25,33H2,1-19H3,(H,48,50)(H,49,51)/b28-26+,39-32-/t34-,35+,36-,38-,40-,41-,42+,46-/m1/s1. The number of nitrogens with one attached hydrogen (secondary N) is 2. The molecular weight excluding hydrogens is 825 g/mol. The van der Waals surface area contributed by atoms with E-state index in [0.717, 1.165) is 40.7 Å². The number of allylic oxidation sites excluding steroid dienone is 4. The van der Waals surface area contributed by atoms with Crippen LogP contribution in [0.2, 0.25) is 54.4 Å². The van der Waals surface area contributed by atoms with Crippen molar-refractivity contribution >= 4 is 52.6 Å². The summed E-state index contributed by atoms with van der Waals surface area (Å²) in [7, 11) is -5.98. The highest BCUT2D eigenvalue weighted by molar-refractivity contribution is 9.11. The number of rotatable bonds is 19. The summed E-state index contributed by atoms with van der Waals surface area (Å²) in [6, 6.07) is 6.19. The van der Waals surface area contributed by atoms with E-state index in [9.17, 15) is 9.59 Å². The van der Waals surface area contributed by atoms with Crippen LogP contribution in [-0.2, 0) is 18.4 Å². The molecule has 0 aliphatic heterocycles. The minimum atomic E-state index is -2.21. The van der Waals surface area contributed by atoms with Gasteiger partial charge in [0, 0.05) is 28.7 Å². The monoisotopic (exact) mass is 908 g/mol. The highest BCUT2D eigenvalue weighted by Gasteiger charge is 2.45. The van der Waals surface area contributed by atoms with Crippen molar-refractivity contribution in [1.82, 2.24) is 10.6 Å². The van der Waals surface area contributed by atoms with E-state index in [2.05, 4.69) is 172 Å². The second-order valence-electron chi connectivity index (χ2n) is 19.7. The molecule has 1 rings (SSSR count). The quantitative estimate of drug-likeness (QED) is 0.0584. The third-order valence-corrected chi connectivity index (χ3v) is 27.6. The number of halogens is 1. The average Bonchev–Trinajstić information content (AvgIpc) is 3.10. The first kappa shape index (κ1) is 53.6. The maximum Gasteiger partial charge on any atom is 0.408 e. The Morgan fingerprint density at radius 3 is 1.89 bits per heavy atom. The lowest BCUT2D eigenvalue weighted by atomic mass is 9.69. The molecule has 0 unspecified atom stereocenters. The van der Waals surface area contributed by atoms with Gasteiger partial charge in [-0.3, -0.25) is 4.79 Å². The van der Waals surface area contributed by atoms with E-state index in [1.807, 2.05) is 20.8 Å². The van der Waals surface area contributed by atoms with Crippen molar-refractivity contribution in [3.63, 3.8) is 0 Å². The van der Waals surface area contributed by atoms with E-state index in [-0.39, 0.29) is 53.0 Å². The fourth-order valence-corrected chi connectivity index (χ4v) is 15.2. The van der Waals surface area contributed by atoms with E-state index < -0.39 is 41.8 Å². The van der Waals surface area contributed by atoms with Crippen molar-refractivity contribution in [3.8, 4) is 11.5 Å². The zero-order valence-electron chi connectivity index (χ0n) is 39.8. The van der Waals surface area contributed by atoms with Gasteiger partial charge in [-0.05, 0) is 101 Å². The molecule has 328 valence electrons. The molecule has 0 aromatic heterocycles. The van der Waals surface area contributed by atoms with Crippen molar-refractivity contribution in [1.29, 1.82) is 0 Å². The molecule has 57 heavy (non-hydrogen) atoms. The van der Waals surface area contributed by atoms with Gasteiger partial charge in [0.15, 0.2) is 16.6 Å². The van der Waals surface area contributed by atoms with Gasteiger partial charge in [-0.2, -0.15) is 0 Å². The molecule has 0 saturated carbocycles. The van der Waals surface area contributed by atoms with Crippen molar-refractivity contribution in [2.45, 2.75) is 208 Å². The molecule has 0 saturated heterocycles. The van der Waals surface area contributed by atoms with Crippen molar-refractivity contribution in [2.24, 2.45) is 23.2 Å². The Balaban J connectivity index is 3.77. The number of carbonyl (C=O) groups is 2. The molecule has 0 spiro atoms. The Kier molecular flexibility index (Phi) is 21.1. The lowest BCUT2D eigenvalue weighted by molar-refractivity contribution is -0.120. The summed E-state index contributed by atoms with van der Waals surface area (Å²) in [6.07, 6.45) is 11.0. The summed E-state index contributed by atoms with van der Waals surface area (Å²) >= 11 is 3.96. The molecule has 1 aliphatic carbocycles. The predicted octanol–water partition coefficient (Wildman–Crippen LogP) is 12.9. The van der Waals surface area contributed by atoms with Gasteiger partial charge >= 0.3 is 6.09 Å². The number of carbonyl (C=O) groups excluding carboxylic acids is 2. The molecule has 11 heteroatoms. The van der Waals surface area contributed by atoms with Gasteiger partial charge in [0.2, 0.25) is 5.91 Å². The van der Waals surface area contributed by atoms with Crippen LogP contribution < -0.4 is 10.6 Å². The molecule has 0 heterocycles. The van der Waals surface area contributed by atoms with Crippen LogP contribution in [0.1, 0.15) is 124 Å². The molecule has 2 amide bonds. The van der Waals surface area contributed by atoms with Crippen molar-refractivity contribution in [2.75, 3.05) is 0 Å². The van der Waals surface area contributed by atoms with Crippen LogP contribution in [0.25, 0.3) is 0 Å². The molecule has 2 N–H and O–H groups in total. The van der Waals surface area contributed by atoms with Gasteiger partial charge in [-0.15, -0.1) is 11.5 Å². The Bertz CT molecular complexity index is 1430. The molecule has 1 aliphatic rings. The highest BCUT2D eigenvalue weighted by atomic mass is 79.9. The van der Waals surface area contributed by atoms with Crippen LogP contribution in [0.15, 0.2) is 34.9 Å². The van der Waals surface area contributed by atoms with Crippen LogP contribution in [-0.4, -0.2) is 66.6 Å². The second-order valence-corrected chi connectivity index (χ2v) is 35.0. The van der Waals surface area contributed by atoms with Gasteiger partial charge in [0.1, 0.15) is 13.7 Å². The van der Waals surface area contributed by atoms with Crippen LogP contribution in [0.3, 0.4) is 0 Å². The largest absolute Gasteiger partial charge is 0.444 e. The normalized spacial score (nSPS) is 22.6. The predicted molar refractivity (Wildman–Crippen MR) is 255 cm³/mol. The van der Waals surface area contributed by atoms with Gasteiger partial charge in [-0.25, -0.2) is 4.79 Å². The third kappa shape index (κ3) is 16.2. The Labute approximate surface area is 362 Å². The second kappa shape index (κ2) is 22.4. The molecule has 0 bridgehead atoms. The Morgan fingerprint density at radius 1 is 0.895 bits per heavy atom. The van der Waals surface area contributed by atoms with Crippen LogP contribution in [0.5, 0.6) is 0 Å². The molecule has 0 fully saturated rings. The summed E-state index contributed by atoms with van der Waals surface area (Å²) in [5.41, 5.74) is 2.91. The first-order valence-corrected chi connectivity index (χ1v) is 30.9. The number of hydrogen-bond acceptors (Lipinski definition) is 5. The van der Waals surface area contributed by atoms with E-state index >= 15 is 0 Å². The summed E-state index contributed by atoms with van der Waals surface area (Å²) in [5.74, 6) is 3.88. The minimum Gasteiger partial charge on any atom is -0.444 e. The van der Waals surface area contributed by atoms with Crippen LogP contribution >= 0.6 is 15.9 Å². The van der Waals surface area contributed by atoms with Gasteiger partial charge in [-0.1, -0.05) is 122 Å². The lowest BCUT2D eigenvalue weighted by Crippen LogP contribution is -2.56. The van der Waals surface area contributed by atoms with E-state index in [1.54, 1.807) is 6.92 Å². The Hall–Kier alpha value is -1.43. The third-order valence-electron chi connectivity index (χ3n) is 13.2. The summed E-state index contributed by atoms with van der Waals surface area (Å²) in [6.45, 7) is 41.2. The topological polar surface area (TPSA) is 85.9 Å². The smallest absolute Gasteiger partial charge is 0.408 e. The summed E-state index contributed by atoms with van der Waals surface area (Å²) < 4.78 is 21.2. The molecule has 0 aromatic rings. The summed E-state index contributed by atoms with van der Waals surface area (Å²) in [4.78, 5) is 25.2. The molecular formula is C46H85BrN2O5Si3. The molecule has 0 radical (unpaired) electrons. The number of amides is 2. The first-order chi connectivity index (χ1) is 26.1. The zero-order valence-corrected chi connectivity index (χ0v) is 44.4. The SMILES string of the molecule is CC[Si](C#C[C@]1(C)C[C@H](NC(=O)OC(C)(C)C)C=C[C@@H]1/C=C(Br)/C=C/[C@@H](C)[C@@H](O[Si](CC)(CC)CC)[C@H](C)[C@H](O[Si](C)(C)C(C)(C)C)[C@@H](C)NC(C)=O)(CC)CC. The zero-order chi connectivity index (χ0) is 44.2. The number of alkyl carbamates (subject to hydrolysis) is 1. The lowest BCUT2D eigenvalue weighted by Gasteiger charge is -2.46. The van der Waals surface area contributed by atoms with E-state index in [1.165, 1.54) is 0 Å². The van der Waals surface area contributed by atoms with Gasteiger partial charge in [0.25, 0.3) is 0 Å². The number of ether oxygens (including phenoxy) is 1. The van der Waals surface area contributed by atoms with Crippen molar-refractivity contribution in [3.05, 3.63) is 34.9 Å². The molecule has 8 atom stereocenters. The number of hydrogen-bond donors (Lipinski definition) is 2. The molecule has 7 nitrogen and oxygen atoms in total. The van der Waals surface area contributed by atoms with Crippen molar-refractivity contribution < 1.29 is 23.2 Å². The van der Waals surface area contributed by atoms with Gasteiger partial charge in [0.05, 0.1) is 24.3 Å².